The first-order valence-electron chi connectivity index (χ1n) is 8.21. The lowest BCUT2D eigenvalue weighted by Gasteiger charge is -2.24. The molecule has 2 amide bonds. The maximum Gasteiger partial charge on any atom is 0.225 e. The van der Waals surface area contributed by atoms with Gasteiger partial charge in [-0.05, 0) is 36.1 Å². The summed E-state index contributed by atoms with van der Waals surface area (Å²) < 4.78 is 0. The van der Waals surface area contributed by atoms with E-state index in [-0.39, 0.29) is 23.8 Å². The molecule has 0 bridgehead atoms. The Hall–Kier alpha value is -2.69. The van der Waals surface area contributed by atoms with E-state index in [1.165, 1.54) is 0 Å². The van der Waals surface area contributed by atoms with Crippen molar-refractivity contribution in [2.75, 3.05) is 6.54 Å². The molecule has 2 N–H and O–H groups in total. The number of hydrogen-bond donors (Lipinski definition) is 2. The highest BCUT2D eigenvalue weighted by Gasteiger charge is 2.25. The third kappa shape index (κ3) is 3.79. The number of rotatable bonds is 4. The van der Waals surface area contributed by atoms with E-state index in [1.54, 1.807) is 6.20 Å². The van der Waals surface area contributed by atoms with E-state index in [0.717, 1.165) is 16.7 Å². The van der Waals surface area contributed by atoms with Gasteiger partial charge in [0.2, 0.25) is 11.8 Å². The van der Waals surface area contributed by atoms with Gasteiger partial charge in [-0.2, -0.15) is 0 Å². The highest BCUT2D eigenvalue weighted by Crippen LogP contribution is 2.21. The third-order valence-corrected chi connectivity index (χ3v) is 4.40. The van der Waals surface area contributed by atoms with E-state index in [0.29, 0.717) is 19.4 Å². The number of nitrogens with one attached hydrogen (secondary N) is 2. The van der Waals surface area contributed by atoms with Crippen molar-refractivity contribution in [3.63, 3.8) is 0 Å². The average Bonchev–Trinajstić information content (AvgIpc) is 2.63. The Bertz CT molecular complexity index is 703. The summed E-state index contributed by atoms with van der Waals surface area (Å²) in [6.45, 7) is 2.40. The third-order valence-electron chi connectivity index (χ3n) is 4.40. The van der Waals surface area contributed by atoms with Crippen LogP contribution in [0.5, 0.6) is 0 Å². The average molecular weight is 323 g/mol. The zero-order chi connectivity index (χ0) is 16.9. The van der Waals surface area contributed by atoms with Gasteiger partial charge in [-0.25, -0.2) is 0 Å². The topological polar surface area (TPSA) is 71.1 Å². The van der Waals surface area contributed by atoms with E-state index in [4.69, 9.17) is 0 Å². The minimum Gasteiger partial charge on any atom is -0.355 e. The Labute approximate surface area is 141 Å². The second kappa shape index (κ2) is 7.25. The van der Waals surface area contributed by atoms with Crippen LogP contribution < -0.4 is 10.6 Å². The van der Waals surface area contributed by atoms with Crippen molar-refractivity contribution < 1.29 is 9.59 Å². The molecule has 24 heavy (non-hydrogen) atoms. The Balaban J connectivity index is 1.62. The highest BCUT2D eigenvalue weighted by atomic mass is 16.2. The molecule has 124 valence electrons. The van der Waals surface area contributed by atoms with Crippen LogP contribution in [-0.4, -0.2) is 23.3 Å². The lowest BCUT2D eigenvalue weighted by atomic mass is 9.97. The van der Waals surface area contributed by atoms with Crippen molar-refractivity contribution in [2.45, 2.75) is 25.8 Å². The summed E-state index contributed by atoms with van der Waals surface area (Å²) >= 11 is 0. The van der Waals surface area contributed by atoms with Crippen molar-refractivity contribution in [3.8, 4) is 11.1 Å². The fourth-order valence-electron chi connectivity index (χ4n) is 2.87. The number of pyridine rings is 1. The van der Waals surface area contributed by atoms with Crippen molar-refractivity contribution >= 4 is 11.8 Å². The fourth-order valence-corrected chi connectivity index (χ4v) is 2.87. The zero-order valence-electron chi connectivity index (χ0n) is 13.7. The predicted octanol–water partition coefficient (Wildman–Crippen LogP) is 2.45. The van der Waals surface area contributed by atoms with Crippen molar-refractivity contribution in [1.82, 2.24) is 15.6 Å². The lowest BCUT2D eigenvalue weighted by Crippen LogP contribution is -2.43. The van der Waals surface area contributed by atoms with Gasteiger partial charge in [0.05, 0.1) is 12.0 Å². The van der Waals surface area contributed by atoms with Crippen molar-refractivity contribution in [2.24, 2.45) is 5.92 Å². The molecule has 2 atom stereocenters. The van der Waals surface area contributed by atoms with Crippen LogP contribution in [0.2, 0.25) is 0 Å². The van der Waals surface area contributed by atoms with E-state index in [2.05, 4.69) is 15.6 Å². The largest absolute Gasteiger partial charge is 0.355 e. The number of carbonyl (C=O) groups excluding carboxylic acids is 2. The van der Waals surface area contributed by atoms with Gasteiger partial charge in [0.15, 0.2) is 0 Å². The summed E-state index contributed by atoms with van der Waals surface area (Å²) in [4.78, 5) is 27.6. The molecular weight excluding hydrogens is 302 g/mol. The Morgan fingerprint density at radius 1 is 1.25 bits per heavy atom. The summed E-state index contributed by atoms with van der Waals surface area (Å²) in [5.41, 5.74) is 3.22. The van der Waals surface area contributed by atoms with Gasteiger partial charge in [0, 0.05) is 25.4 Å². The van der Waals surface area contributed by atoms with E-state index in [9.17, 15) is 9.59 Å². The van der Waals surface area contributed by atoms with E-state index >= 15 is 0 Å². The molecule has 0 radical (unpaired) electrons. The summed E-state index contributed by atoms with van der Waals surface area (Å²) in [5, 5.41) is 5.78. The molecule has 1 saturated heterocycles. The molecule has 1 aliphatic rings. The van der Waals surface area contributed by atoms with Gasteiger partial charge >= 0.3 is 0 Å². The first-order valence-corrected chi connectivity index (χ1v) is 8.21. The van der Waals surface area contributed by atoms with Crippen LogP contribution in [0, 0.1) is 5.92 Å². The molecule has 5 nitrogen and oxygen atoms in total. The van der Waals surface area contributed by atoms with Crippen LogP contribution in [-0.2, 0) is 9.59 Å². The van der Waals surface area contributed by atoms with Gasteiger partial charge in [0.1, 0.15) is 0 Å². The number of carbonyl (C=O) groups is 2. The lowest BCUT2D eigenvalue weighted by molar-refractivity contribution is -0.129. The number of piperidine rings is 1. The quantitative estimate of drug-likeness (QED) is 0.908. The number of nitrogens with zero attached hydrogens (tertiary/aromatic N) is 1. The van der Waals surface area contributed by atoms with Gasteiger partial charge in [-0.15, -0.1) is 0 Å². The molecule has 0 spiro atoms. The fraction of sp³-hybridized carbons (Fsp3) is 0.316. The standard InChI is InChI=1S/C19H21N3O2/c1-13(22-19(24)17-8-9-18(23)21-12-17)14-4-6-15(7-5-14)16-3-2-10-20-11-16/h2-7,10-11,13,17H,8-9,12H2,1H3,(H,21,23)(H,22,24). The molecule has 2 heterocycles. The van der Waals surface area contributed by atoms with Crippen LogP contribution in [0.3, 0.4) is 0 Å². The van der Waals surface area contributed by atoms with Crippen LogP contribution in [0.4, 0.5) is 0 Å². The van der Waals surface area contributed by atoms with Gasteiger partial charge in [-0.1, -0.05) is 30.3 Å². The Kier molecular flexibility index (Phi) is 4.89. The van der Waals surface area contributed by atoms with Gasteiger partial charge in [-0.3, -0.25) is 14.6 Å². The number of hydrogen-bond acceptors (Lipinski definition) is 3. The molecule has 1 aliphatic heterocycles. The minimum atomic E-state index is -0.139. The second-order valence-electron chi connectivity index (χ2n) is 6.13. The number of amides is 2. The zero-order valence-corrected chi connectivity index (χ0v) is 13.7. The van der Waals surface area contributed by atoms with Crippen LogP contribution >= 0.6 is 0 Å². The van der Waals surface area contributed by atoms with Gasteiger partial charge in [0.25, 0.3) is 0 Å². The minimum absolute atomic E-state index is 0.00108. The predicted molar refractivity (Wildman–Crippen MR) is 92.0 cm³/mol. The smallest absolute Gasteiger partial charge is 0.225 e. The highest BCUT2D eigenvalue weighted by molar-refractivity contribution is 5.83. The van der Waals surface area contributed by atoms with E-state index in [1.807, 2.05) is 49.5 Å². The summed E-state index contributed by atoms with van der Waals surface area (Å²) in [6.07, 6.45) is 4.62. The first kappa shape index (κ1) is 16.2. The van der Waals surface area contributed by atoms with Crippen LogP contribution in [0.25, 0.3) is 11.1 Å². The number of benzene rings is 1. The summed E-state index contributed by atoms with van der Waals surface area (Å²) in [7, 11) is 0. The molecule has 2 aromatic rings. The molecule has 1 aromatic carbocycles. The second-order valence-corrected chi connectivity index (χ2v) is 6.13. The van der Waals surface area contributed by atoms with Crippen LogP contribution in [0.1, 0.15) is 31.4 Å². The number of aromatic nitrogens is 1. The molecule has 0 aliphatic carbocycles. The molecule has 5 heteroatoms. The molecule has 1 aromatic heterocycles. The monoisotopic (exact) mass is 323 g/mol. The molecule has 1 fully saturated rings. The molecule has 2 unspecified atom stereocenters. The normalized spacial score (nSPS) is 18.5. The molecule has 0 saturated carbocycles. The molecular formula is C19H21N3O2. The van der Waals surface area contributed by atoms with Crippen molar-refractivity contribution in [1.29, 1.82) is 0 Å². The Morgan fingerprint density at radius 2 is 2.04 bits per heavy atom. The van der Waals surface area contributed by atoms with Crippen molar-refractivity contribution in [3.05, 3.63) is 54.4 Å². The summed E-state index contributed by atoms with van der Waals surface area (Å²) in [5.74, 6) is -0.114. The summed E-state index contributed by atoms with van der Waals surface area (Å²) in [6, 6.07) is 12.0. The molecule has 3 rings (SSSR count). The SMILES string of the molecule is CC(NC(=O)C1CCC(=O)NC1)c1ccc(-c2cccnc2)cc1. The van der Waals surface area contributed by atoms with Crippen LogP contribution in [0.15, 0.2) is 48.8 Å². The maximum atomic E-state index is 12.3. The Morgan fingerprint density at radius 3 is 2.67 bits per heavy atom. The first-order chi connectivity index (χ1) is 11.6. The van der Waals surface area contributed by atoms with Gasteiger partial charge < -0.3 is 10.6 Å². The van der Waals surface area contributed by atoms with E-state index < -0.39 is 0 Å². The maximum absolute atomic E-state index is 12.3.